The van der Waals surface area contributed by atoms with Crippen LogP contribution in [0.1, 0.15) is 82.1 Å². The van der Waals surface area contributed by atoms with Crippen molar-refractivity contribution >= 4 is 17.3 Å². The molecule has 0 amide bonds. The van der Waals surface area contributed by atoms with E-state index in [-0.39, 0.29) is 23.2 Å². The highest BCUT2D eigenvalue weighted by molar-refractivity contribution is 6.13. The third kappa shape index (κ3) is 6.71. The molecular formula is C28H40N4O4. The third-order valence-corrected chi connectivity index (χ3v) is 7.40. The van der Waals surface area contributed by atoms with Crippen molar-refractivity contribution in [3.05, 3.63) is 23.2 Å². The van der Waals surface area contributed by atoms with Gasteiger partial charge in [-0.1, -0.05) is 19.8 Å². The molecule has 0 unspecified atom stereocenters. The number of allylic oxidation sites excluding steroid dienone is 1. The Kier molecular flexibility index (Phi) is 10.4. The lowest BCUT2D eigenvalue weighted by Crippen LogP contribution is -2.31. The van der Waals surface area contributed by atoms with Gasteiger partial charge in [0.2, 0.25) is 5.88 Å². The number of ether oxygens (including phenoxy) is 2. The van der Waals surface area contributed by atoms with Crippen LogP contribution in [-0.2, 0) is 14.3 Å². The molecule has 0 spiro atoms. The number of likely N-dealkylation sites (N-methyl/N-ethyl adjacent to an activating group) is 1. The quantitative estimate of drug-likeness (QED) is 0.314. The summed E-state index contributed by atoms with van der Waals surface area (Å²) in [6.45, 7) is 4.92. The number of Topliss-reactive ketones (excluding diaryl/α,β-unsaturated/α-hetero) is 2. The van der Waals surface area contributed by atoms with E-state index in [2.05, 4.69) is 29.8 Å². The van der Waals surface area contributed by atoms with Crippen molar-refractivity contribution in [2.75, 3.05) is 33.4 Å². The summed E-state index contributed by atoms with van der Waals surface area (Å²) in [5.74, 6) is 0.231. The van der Waals surface area contributed by atoms with Crippen LogP contribution in [0.15, 0.2) is 11.6 Å². The van der Waals surface area contributed by atoms with Crippen molar-refractivity contribution < 1.29 is 19.1 Å². The summed E-state index contributed by atoms with van der Waals surface area (Å²) >= 11 is 0. The molecule has 36 heavy (non-hydrogen) atoms. The first-order valence-electron chi connectivity index (χ1n) is 13.2. The van der Waals surface area contributed by atoms with E-state index in [9.17, 15) is 9.59 Å². The molecule has 1 aromatic heterocycles. The van der Waals surface area contributed by atoms with E-state index in [0.717, 1.165) is 44.3 Å². The number of hydrogen-bond donors (Lipinski definition) is 1. The number of carbonyl (C=O) groups excluding carboxylic acids is 2. The predicted octanol–water partition coefficient (Wildman–Crippen LogP) is 3.50. The van der Waals surface area contributed by atoms with Crippen LogP contribution in [0.5, 0.6) is 5.88 Å². The molecule has 8 nitrogen and oxygen atoms in total. The summed E-state index contributed by atoms with van der Waals surface area (Å²) in [7, 11) is 2.11. The minimum absolute atomic E-state index is 0.0279. The normalized spacial score (nSPS) is 25.1. The summed E-state index contributed by atoms with van der Waals surface area (Å²) in [6.07, 6.45) is 15.2. The van der Waals surface area contributed by atoms with E-state index in [1.54, 1.807) is 0 Å². The highest BCUT2D eigenvalue weighted by Gasteiger charge is 2.32. The van der Waals surface area contributed by atoms with E-state index in [4.69, 9.17) is 20.2 Å². The minimum Gasteiger partial charge on any atom is -0.476 e. The summed E-state index contributed by atoms with van der Waals surface area (Å²) in [5, 5.41) is 0. The van der Waals surface area contributed by atoms with Gasteiger partial charge in [0.05, 0.1) is 23.9 Å². The predicted molar refractivity (Wildman–Crippen MR) is 139 cm³/mol. The van der Waals surface area contributed by atoms with E-state index in [0.29, 0.717) is 62.4 Å². The Hall–Kier alpha value is -2.76. The van der Waals surface area contributed by atoms with Crippen molar-refractivity contribution in [2.24, 2.45) is 11.7 Å². The number of terminal acetylenes is 1. The Morgan fingerprint density at radius 2 is 2.03 bits per heavy atom. The van der Waals surface area contributed by atoms with E-state index in [1.807, 2.05) is 13.0 Å². The number of carbonyl (C=O) groups is 2. The molecule has 3 fully saturated rings. The maximum Gasteiger partial charge on any atom is 0.217 e. The molecule has 2 aliphatic heterocycles. The summed E-state index contributed by atoms with van der Waals surface area (Å²) < 4.78 is 11.7. The molecule has 0 aromatic carbocycles. The van der Waals surface area contributed by atoms with Crippen LogP contribution in [0, 0.1) is 18.8 Å². The van der Waals surface area contributed by atoms with Crippen LogP contribution in [0.25, 0.3) is 5.70 Å². The zero-order valence-electron chi connectivity index (χ0n) is 21.7. The molecule has 3 atom stereocenters. The van der Waals surface area contributed by atoms with Crippen molar-refractivity contribution in [1.82, 2.24) is 14.9 Å². The maximum atomic E-state index is 13.4. The highest BCUT2D eigenvalue weighted by Crippen LogP contribution is 2.30. The van der Waals surface area contributed by atoms with Crippen LogP contribution in [0.3, 0.4) is 0 Å². The number of rotatable bonds is 9. The van der Waals surface area contributed by atoms with Crippen LogP contribution < -0.4 is 10.5 Å². The maximum absolute atomic E-state index is 13.4. The van der Waals surface area contributed by atoms with Crippen molar-refractivity contribution in [3.8, 4) is 18.7 Å². The van der Waals surface area contributed by atoms with Gasteiger partial charge in [-0.3, -0.25) is 9.59 Å². The summed E-state index contributed by atoms with van der Waals surface area (Å²) in [5.41, 5.74) is 8.16. The summed E-state index contributed by atoms with van der Waals surface area (Å²) in [6, 6.07) is 2.25. The van der Waals surface area contributed by atoms with Gasteiger partial charge < -0.3 is 20.1 Å². The average molecular weight is 497 g/mol. The van der Waals surface area contributed by atoms with Gasteiger partial charge in [0.1, 0.15) is 12.4 Å². The summed E-state index contributed by atoms with van der Waals surface area (Å²) in [4.78, 5) is 37.6. The zero-order valence-corrected chi connectivity index (χ0v) is 21.7. The second kappa shape index (κ2) is 13.5. The zero-order chi connectivity index (χ0) is 26.1. The van der Waals surface area contributed by atoms with E-state index < -0.39 is 5.92 Å². The highest BCUT2D eigenvalue weighted by atomic mass is 16.5. The average Bonchev–Trinajstić information content (AvgIpc) is 3.59. The lowest BCUT2D eigenvalue weighted by atomic mass is 9.81. The molecule has 1 saturated carbocycles. The van der Waals surface area contributed by atoms with Gasteiger partial charge in [0, 0.05) is 36.6 Å². The second-order valence-corrected chi connectivity index (χ2v) is 9.87. The van der Waals surface area contributed by atoms with Gasteiger partial charge in [0.25, 0.3) is 0 Å². The Balaban J connectivity index is 0.00000176. The number of hydrogen-bond acceptors (Lipinski definition) is 8. The number of nitrogens with two attached hydrogens (primary N) is 1. The molecule has 3 aliphatic rings. The Labute approximate surface area is 215 Å². The fraction of sp³-hybridized carbons (Fsp3) is 0.643. The standard InChI is InChI=1S/C26H38N4O4.C2H2/c1-3-7-20(25(32)19-9-4-5-10-22(19)31)24(27)26-28-21(17-11-13-33-15-17)14-23(29-26)34-16-18-8-6-12-30(18)2;1-2/h14,17-19H,3-13,15-16,27H2,1-2H3;1-2H/b24-20-;/t17-,18-,19-;/m0./s1. The Morgan fingerprint density at radius 3 is 2.67 bits per heavy atom. The Bertz CT molecular complexity index is 968. The molecular weight excluding hydrogens is 456 g/mol. The van der Waals surface area contributed by atoms with Gasteiger partial charge >= 0.3 is 0 Å². The molecule has 2 N–H and O–H groups in total. The van der Waals surface area contributed by atoms with Gasteiger partial charge in [-0.25, -0.2) is 4.98 Å². The second-order valence-electron chi connectivity index (χ2n) is 9.87. The largest absolute Gasteiger partial charge is 0.476 e. The van der Waals surface area contributed by atoms with Crippen molar-refractivity contribution in [3.63, 3.8) is 0 Å². The topological polar surface area (TPSA) is 108 Å². The monoisotopic (exact) mass is 496 g/mol. The van der Waals surface area contributed by atoms with Gasteiger partial charge in [-0.05, 0) is 52.1 Å². The van der Waals surface area contributed by atoms with Gasteiger partial charge in [0.15, 0.2) is 11.6 Å². The third-order valence-electron chi connectivity index (χ3n) is 7.40. The molecule has 1 aromatic rings. The Morgan fingerprint density at radius 1 is 1.22 bits per heavy atom. The SMILES string of the molecule is C#C.CCC/C(C(=O)[C@H]1CCCCC1=O)=C(/N)c1nc(OC[C@@H]2CCCN2C)cc([C@H]2CCOC2)n1. The number of ketones is 2. The molecule has 0 bridgehead atoms. The molecule has 8 heteroatoms. The number of likely N-dealkylation sites (tertiary alicyclic amines) is 1. The molecule has 4 rings (SSSR count). The van der Waals surface area contributed by atoms with E-state index >= 15 is 0 Å². The first-order chi connectivity index (χ1) is 17.5. The number of nitrogens with zero attached hydrogens (tertiary/aromatic N) is 3. The molecule has 1 aliphatic carbocycles. The van der Waals surface area contributed by atoms with Crippen molar-refractivity contribution in [2.45, 2.75) is 76.7 Å². The van der Waals surface area contributed by atoms with Crippen LogP contribution in [0.4, 0.5) is 0 Å². The molecule has 196 valence electrons. The molecule has 3 heterocycles. The minimum atomic E-state index is -0.589. The van der Waals surface area contributed by atoms with Crippen LogP contribution in [0.2, 0.25) is 0 Å². The first-order valence-corrected chi connectivity index (χ1v) is 13.2. The molecule has 2 saturated heterocycles. The lowest BCUT2D eigenvalue weighted by Gasteiger charge is -2.22. The van der Waals surface area contributed by atoms with Crippen LogP contribution in [-0.4, -0.2) is 65.9 Å². The first kappa shape index (κ1) is 27.8. The van der Waals surface area contributed by atoms with Crippen LogP contribution >= 0.6 is 0 Å². The van der Waals surface area contributed by atoms with Gasteiger partial charge in [-0.2, -0.15) is 4.98 Å². The smallest absolute Gasteiger partial charge is 0.217 e. The lowest BCUT2D eigenvalue weighted by molar-refractivity contribution is -0.132. The fourth-order valence-electron chi connectivity index (χ4n) is 5.23. The fourth-order valence-corrected chi connectivity index (χ4v) is 5.23. The van der Waals surface area contributed by atoms with E-state index in [1.165, 1.54) is 6.42 Å². The molecule has 0 radical (unpaired) electrons. The number of aromatic nitrogens is 2. The van der Waals surface area contributed by atoms with Crippen molar-refractivity contribution in [1.29, 1.82) is 0 Å². The van der Waals surface area contributed by atoms with Gasteiger partial charge in [-0.15, -0.1) is 12.8 Å².